The van der Waals surface area contributed by atoms with Crippen LogP contribution in [0.15, 0.2) is 78.6 Å². The Morgan fingerprint density at radius 1 is 0.957 bits per heavy atom. The summed E-state index contributed by atoms with van der Waals surface area (Å²) in [6.07, 6.45) is 8.86. The van der Waals surface area contributed by atoms with Gasteiger partial charge >= 0.3 is 0 Å². The van der Waals surface area contributed by atoms with E-state index in [1.807, 2.05) is 61.0 Å². The lowest BCUT2D eigenvalue weighted by Gasteiger charge is -2.10. The molecule has 0 aromatic heterocycles. The topological polar surface area (TPSA) is 26.3 Å². The molecule has 0 fully saturated rings. The smallest absolute Gasteiger partial charge is 0.193 e. The zero-order valence-corrected chi connectivity index (χ0v) is 12.9. The Balaban J connectivity index is 0.000000924. The molecule has 23 heavy (non-hydrogen) atoms. The minimum atomic E-state index is 0.0218. The molecule has 2 nitrogen and oxygen atoms in total. The molecule has 1 radical (unpaired) electrons. The summed E-state index contributed by atoms with van der Waals surface area (Å²) in [6.45, 7) is 0. The molecule has 1 aliphatic rings. The summed E-state index contributed by atoms with van der Waals surface area (Å²) < 4.78 is 15.2. The number of ketones is 1. The highest BCUT2D eigenvalue weighted by Gasteiger charge is 2.09. The molecule has 0 unspecified atom stereocenters. The number of allylic oxidation sites excluding steroid dienone is 3. The van der Waals surface area contributed by atoms with Crippen LogP contribution in [0.5, 0.6) is 5.75 Å². The van der Waals surface area contributed by atoms with Crippen LogP contribution < -0.4 is 4.74 Å². The molecule has 0 amide bonds. The molecule has 3 rings (SSSR count). The van der Waals surface area contributed by atoms with E-state index in [2.05, 4.69) is 6.08 Å². The molecular weight excluding hydrogens is 291 g/mol. The van der Waals surface area contributed by atoms with Crippen molar-refractivity contribution in [1.82, 2.24) is 0 Å². The standard InChI is InChI=1S/C19H15O2.CH3F/c20-19(15-7-3-1-4-8-15)16-11-13-18(14-12-16)21-17-9-5-2-6-10-17;1-2/h1-5,7-14H,6H2;1H3. The fraction of sp³-hybridized carbons (Fsp3) is 0.100. The first-order valence-corrected chi connectivity index (χ1v) is 7.28. The van der Waals surface area contributed by atoms with Gasteiger partial charge in [0.15, 0.2) is 5.78 Å². The summed E-state index contributed by atoms with van der Waals surface area (Å²) in [4.78, 5) is 12.3. The summed E-state index contributed by atoms with van der Waals surface area (Å²) >= 11 is 0. The van der Waals surface area contributed by atoms with Crippen LogP contribution in [0.4, 0.5) is 4.39 Å². The fourth-order valence-corrected chi connectivity index (χ4v) is 2.14. The molecule has 0 saturated carbocycles. The van der Waals surface area contributed by atoms with Gasteiger partial charge in [0.1, 0.15) is 11.5 Å². The largest absolute Gasteiger partial charge is 0.461 e. The normalized spacial score (nSPS) is 12.7. The zero-order valence-electron chi connectivity index (χ0n) is 12.9. The predicted octanol–water partition coefficient (Wildman–Crippen LogP) is 4.93. The van der Waals surface area contributed by atoms with Gasteiger partial charge in [-0.1, -0.05) is 42.5 Å². The third-order valence-corrected chi connectivity index (χ3v) is 3.24. The molecule has 1 aliphatic carbocycles. The van der Waals surface area contributed by atoms with E-state index in [1.165, 1.54) is 0 Å². The number of rotatable bonds is 4. The average molecular weight is 309 g/mol. The Bertz CT molecular complexity index is 685. The van der Waals surface area contributed by atoms with Crippen LogP contribution in [0, 0.1) is 6.42 Å². The zero-order chi connectivity index (χ0) is 16.5. The quantitative estimate of drug-likeness (QED) is 0.749. The van der Waals surface area contributed by atoms with E-state index >= 15 is 0 Å². The second kappa shape index (κ2) is 8.69. The Hall–Kier alpha value is -2.68. The Kier molecular flexibility index (Phi) is 6.30. The number of hydrogen-bond acceptors (Lipinski definition) is 2. The van der Waals surface area contributed by atoms with Crippen LogP contribution in [0.2, 0.25) is 0 Å². The van der Waals surface area contributed by atoms with Gasteiger partial charge in [0.05, 0.1) is 7.18 Å². The first-order chi connectivity index (χ1) is 11.3. The van der Waals surface area contributed by atoms with Gasteiger partial charge in [-0.2, -0.15) is 0 Å². The molecule has 0 saturated heterocycles. The highest BCUT2D eigenvalue weighted by atomic mass is 19.1. The minimum Gasteiger partial charge on any atom is -0.461 e. The number of carbonyl (C=O) groups excluding carboxylic acids is 1. The number of hydrogen-bond donors (Lipinski definition) is 0. The lowest BCUT2D eigenvalue weighted by atomic mass is 10.0. The molecule has 2 aromatic rings. The van der Waals surface area contributed by atoms with Crippen molar-refractivity contribution in [3.05, 3.63) is 96.1 Å². The number of carbonyl (C=O) groups is 1. The first kappa shape index (κ1) is 16.7. The average Bonchev–Trinajstić information content (AvgIpc) is 2.65. The number of halogens is 1. The second-order valence-electron chi connectivity index (χ2n) is 4.76. The molecular formula is C20H18FO2. The summed E-state index contributed by atoms with van der Waals surface area (Å²) in [7, 11) is 0.500. The van der Waals surface area contributed by atoms with Crippen LogP contribution in [0.25, 0.3) is 0 Å². The monoisotopic (exact) mass is 309 g/mol. The number of benzene rings is 2. The van der Waals surface area contributed by atoms with Gasteiger partial charge in [-0.25, -0.2) is 0 Å². The van der Waals surface area contributed by atoms with Gasteiger partial charge in [-0.15, -0.1) is 0 Å². The Morgan fingerprint density at radius 3 is 2.22 bits per heavy atom. The third-order valence-electron chi connectivity index (χ3n) is 3.24. The molecule has 117 valence electrons. The van der Waals surface area contributed by atoms with Crippen molar-refractivity contribution >= 4 is 5.78 Å². The van der Waals surface area contributed by atoms with E-state index in [4.69, 9.17) is 4.74 Å². The molecule has 0 heterocycles. The van der Waals surface area contributed by atoms with E-state index in [-0.39, 0.29) is 5.78 Å². The van der Waals surface area contributed by atoms with E-state index < -0.39 is 0 Å². The van der Waals surface area contributed by atoms with Crippen LogP contribution in [-0.4, -0.2) is 13.0 Å². The molecule has 0 aliphatic heterocycles. The van der Waals surface area contributed by atoms with Crippen LogP contribution >= 0.6 is 0 Å². The SMILES string of the molecule is CF.O=C(c1ccccc1)c1ccc(OC2=CCC=C[CH]2)cc1. The van der Waals surface area contributed by atoms with Crippen molar-refractivity contribution in [2.75, 3.05) is 7.18 Å². The second-order valence-corrected chi connectivity index (χ2v) is 4.76. The molecule has 0 bridgehead atoms. The van der Waals surface area contributed by atoms with Crippen molar-refractivity contribution in [2.45, 2.75) is 6.42 Å². The maximum Gasteiger partial charge on any atom is 0.193 e. The lowest BCUT2D eigenvalue weighted by molar-refractivity contribution is 0.103. The van der Waals surface area contributed by atoms with Crippen molar-refractivity contribution in [2.24, 2.45) is 0 Å². The summed E-state index contributed by atoms with van der Waals surface area (Å²) in [5.74, 6) is 1.59. The van der Waals surface area contributed by atoms with E-state index in [1.54, 1.807) is 12.1 Å². The predicted molar refractivity (Wildman–Crippen MR) is 90.1 cm³/mol. The van der Waals surface area contributed by atoms with Gasteiger partial charge in [0.25, 0.3) is 0 Å². The van der Waals surface area contributed by atoms with E-state index in [9.17, 15) is 9.18 Å². The Labute approximate surface area is 135 Å². The number of alkyl halides is 1. The maximum absolute atomic E-state index is 12.3. The van der Waals surface area contributed by atoms with Gasteiger partial charge < -0.3 is 4.74 Å². The van der Waals surface area contributed by atoms with Crippen LogP contribution in [0.3, 0.4) is 0 Å². The van der Waals surface area contributed by atoms with E-state index in [0.29, 0.717) is 18.3 Å². The first-order valence-electron chi connectivity index (χ1n) is 7.28. The van der Waals surface area contributed by atoms with Gasteiger partial charge in [0, 0.05) is 17.5 Å². The summed E-state index contributed by atoms with van der Waals surface area (Å²) in [6, 6.07) is 16.5. The molecule has 0 N–H and O–H groups in total. The summed E-state index contributed by atoms with van der Waals surface area (Å²) in [5, 5.41) is 0. The van der Waals surface area contributed by atoms with E-state index in [0.717, 1.165) is 17.9 Å². The fourth-order valence-electron chi connectivity index (χ4n) is 2.14. The van der Waals surface area contributed by atoms with Crippen molar-refractivity contribution in [3.8, 4) is 5.75 Å². The van der Waals surface area contributed by atoms with Crippen molar-refractivity contribution in [1.29, 1.82) is 0 Å². The lowest BCUT2D eigenvalue weighted by Crippen LogP contribution is -2.01. The van der Waals surface area contributed by atoms with Crippen LogP contribution in [-0.2, 0) is 0 Å². The van der Waals surface area contributed by atoms with Gasteiger partial charge in [0.2, 0.25) is 0 Å². The molecule has 3 heteroatoms. The van der Waals surface area contributed by atoms with Crippen molar-refractivity contribution in [3.63, 3.8) is 0 Å². The molecule has 0 spiro atoms. The van der Waals surface area contributed by atoms with Gasteiger partial charge in [-0.3, -0.25) is 9.18 Å². The summed E-state index contributed by atoms with van der Waals surface area (Å²) in [5.41, 5.74) is 1.36. The van der Waals surface area contributed by atoms with Crippen LogP contribution in [0.1, 0.15) is 22.3 Å². The minimum absolute atomic E-state index is 0.0218. The van der Waals surface area contributed by atoms with Gasteiger partial charge in [-0.05, 0) is 36.8 Å². The highest BCUT2D eigenvalue weighted by molar-refractivity contribution is 6.08. The third kappa shape index (κ3) is 4.65. The molecule has 2 aromatic carbocycles. The highest BCUT2D eigenvalue weighted by Crippen LogP contribution is 2.20. The van der Waals surface area contributed by atoms with Crippen molar-refractivity contribution < 1.29 is 13.9 Å². The number of ether oxygens (including phenoxy) is 1. The Morgan fingerprint density at radius 2 is 1.61 bits per heavy atom. The molecule has 0 atom stereocenters. The maximum atomic E-state index is 12.3.